The summed E-state index contributed by atoms with van der Waals surface area (Å²) in [6.45, 7) is 0. The molecule has 0 heterocycles. The molecule has 1 N–H and O–H groups in total. The van der Waals surface area contributed by atoms with Crippen molar-refractivity contribution in [2.24, 2.45) is 0 Å². The first-order chi connectivity index (χ1) is 8.66. The number of hydrogen-bond donors (Lipinski definition) is 1. The molecule has 1 atom stereocenters. The molecule has 0 saturated carbocycles. The van der Waals surface area contributed by atoms with E-state index >= 15 is 0 Å². The zero-order valence-corrected chi connectivity index (χ0v) is 12.1. The Morgan fingerprint density at radius 3 is 2.05 bits per heavy atom. The van der Waals surface area contributed by atoms with Gasteiger partial charge in [0.25, 0.3) is 0 Å². The molecule has 0 spiro atoms. The summed E-state index contributed by atoms with van der Waals surface area (Å²) < 4.78 is 0. The van der Waals surface area contributed by atoms with Gasteiger partial charge in [-0.2, -0.15) is 0 Å². The van der Waals surface area contributed by atoms with Crippen molar-refractivity contribution < 1.29 is 5.11 Å². The van der Waals surface area contributed by atoms with Crippen molar-refractivity contribution in [1.82, 2.24) is 4.90 Å². The molecule has 0 amide bonds. The first kappa shape index (κ1) is 15.5. The second-order valence-electron chi connectivity index (χ2n) is 4.76. The van der Waals surface area contributed by atoms with Crippen molar-refractivity contribution in [2.45, 2.75) is 12.5 Å². The first-order valence-corrected chi connectivity index (χ1v) is 6.16. The molecular formula is C16H20ClNO. The summed E-state index contributed by atoms with van der Waals surface area (Å²) in [6, 6.07) is 18.3. The summed E-state index contributed by atoms with van der Waals surface area (Å²) >= 11 is 0. The zero-order chi connectivity index (χ0) is 13.0. The molecule has 102 valence electrons. The smallest absolute Gasteiger partial charge is 0.115 e. The van der Waals surface area contributed by atoms with Crippen LogP contribution in [0, 0.1) is 0 Å². The van der Waals surface area contributed by atoms with Crippen LogP contribution in [0.5, 0.6) is 5.75 Å². The first-order valence-electron chi connectivity index (χ1n) is 6.16. The summed E-state index contributed by atoms with van der Waals surface area (Å²) in [5, 5.41) is 9.35. The van der Waals surface area contributed by atoms with E-state index in [-0.39, 0.29) is 12.4 Å². The van der Waals surface area contributed by atoms with Crippen molar-refractivity contribution in [3.8, 4) is 5.75 Å². The fraction of sp³-hybridized carbons (Fsp3) is 0.250. The van der Waals surface area contributed by atoms with Crippen molar-refractivity contribution >= 4 is 12.4 Å². The van der Waals surface area contributed by atoms with Crippen molar-refractivity contribution in [2.75, 3.05) is 14.1 Å². The van der Waals surface area contributed by atoms with Gasteiger partial charge in [0.15, 0.2) is 0 Å². The maximum absolute atomic E-state index is 9.35. The molecule has 2 aromatic rings. The van der Waals surface area contributed by atoms with Crippen LogP contribution in [0.3, 0.4) is 0 Å². The minimum Gasteiger partial charge on any atom is -0.508 e. The van der Waals surface area contributed by atoms with Gasteiger partial charge in [-0.1, -0.05) is 42.5 Å². The Labute approximate surface area is 121 Å². The van der Waals surface area contributed by atoms with Crippen LogP contribution in [0.4, 0.5) is 0 Å². The summed E-state index contributed by atoms with van der Waals surface area (Å²) in [5.41, 5.74) is 2.55. The van der Waals surface area contributed by atoms with Gasteiger partial charge in [-0.25, -0.2) is 0 Å². The number of benzene rings is 2. The van der Waals surface area contributed by atoms with Crippen molar-refractivity contribution in [3.63, 3.8) is 0 Å². The van der Waals surface area contributed by atoms with Gasteiger partial charge in [-0.15, -0.1) is 12.4 Å². The van der Waals surface area contributed by atoms with Crippen LogP contribution in [-0.4, -0.2) is 24.1 Å². The van der Waals surface area contributed by atoms with Gasteiger partial charge in [0.05, 0.1) is 0 Å². The van der Waals surface area contributed by atoms with E-state index in [0.717, 1.165) is 6.42 Å². The lowest BCUT2D eigenvalue weighted by molar-refractivity contribution is 0.297. The second kappa shape index (κ2) is 7.17. The SMILES string of the molecule is CN(C)C(Cc1ccccc1)c1ccc(O)cc1.Cl. The highest BCUT2D eigenvalue weighted by molar-refractivity contribution is 5.85. The van der Waals surface area contributed by atoms with Crippen molar-refractivity contribution in [1.29, 1.82) is 0 Å². The Kier molecular flexibility index (Phi) is 5.87. The molecule has 3 heteroatoms. The Balaban J connectivity index is 0.00000180. The van der Waals surface area contributed by atoms with E-state index in [1.54, 1.807) is 12.1 Å². The number of likely N-dealkylation sites (N-methyl/N-ethyl adjacent to an activating group) is 1. The van der Waals surface area contributed by atoms with Crippen molar-refractivity contribution in [3.05, 3.63) is 65.7 Å². The lowest BCUT2D eigenvalue weighted by atomic mass is 9.98. The van der Waals surface area contributed by atoms with Gasteiger partial charge < -0.3 is 10.0 Å². The lowest BCUT2D eigenvalue weighted by Gasteiger charge is -2.25. The van der Waals surface area contributed by atoms with E-state index in [9.17, 15) is 5.11 Å². The number of halogens is 1. The standard InChI is InChI=1S/C16H19NO.ClH/c1-17(2)16(12-13-6-4-3-5-7-13)14-8-10-15(18)11-9-14;/h3-11,16,18H,12H2,1-2H3;1H. The fourth-order valence-electron chi connectivity index (χ4n) is 2.13. The largest absolute Gasteiger partial charge is 0.508 e. The van der Waals surface area contributed by atoms with E-state index in [2.05, 4.69) is 43.3 Å². The van der Waals surface area contributed by atoms with Crippen LogP contribution in [0.1, 0.15) is 17.2 Å². The highest BCUT2D eigenvalue weighted by Gasteiger charge is 2.14. The third-order valence-electron chi connectivity index (χ3n) is 3.17. The minimum absolute atomic E-state index is 0. The number of phenols is 1. The fourth-order valence-corrected chi connectivity index (χ4v) is 2.13. The minimum atomic E-state index is 0. The Bertz CT molecular complexity index is 482. The molecule has 0 aliphatic heterocycles. The van der Waals surface area contributed by atoms with Crippen LogP contribution < -0.4 is 0 Å². The Morgan fingerprint density at radius 1 is 0.947 bits per heavy atom. The van der Waals surface area contributed by atoms with Crippen LogP contribution in [0.2, 0.25) is 0 Å². The number of hydrogen-bond acceptors (Lipinski definition) is 2. The van der Waals surface area contributed by atoms with Gasteiger partial charge in [0, 0.05) is 6.04 Å². The van der Waals surface area contributed by atoms with E-state index in [1.807, 2.05) is 18.2 Å². The average molecular weight is 278 g/mol. The molecule has 0 radical (unpaired) electrons. The average Bonchev–Trinajstić information content (AvgIpc) is 2.38. The molecule has 0 aliphatic carbocycles. The van der Waals surface area contributed by atoms with Gasteiger partial charge in [0.2, 0.25) is 0 Å². The van der Waals surface area contributed by atoms with Crippen LogP contribution in [0.15, 0.2) is 54.6 Å². The molecule has 0 aliphatic rings. The maximum Gasteiger partial charge on any atom is 0.115 e. The summed E-state index contributed by atoms with van der Waals surface area (Å²) in [5.74, 6) is 0.316. The zero-order valence-electron chi connectivity index (χ0n) is 11.3. The number of rotatable bonds is 4. The van der Waals surface area contributed by atoms with Crippen LogP contribution in [-0.2, 0) is 6.42 Å². The Hall–Kier alpha value is -1.51. The Morgan fingerprint density at radius 2 is 1.53 bits per heavy atom. The van der Waals surface area contributed by atoms with E-state index in [4.69, 9.17) is 0 Å². The van der Waals surface area contributed by atoms with Gasteiger partial charge >= 0.3 is 0 Å². The topological polar surface area (TPSA) is 23.5 Å². The quantitative estimate of drug-likeness (QED) is 0.922. The summed E-state index contributed by atoms with van der Waals surface area (Å²) in [6.07, 6.45) is 0.971. The highest BCUT2D eigenvalue weighted by Crippen LogP contribution is 2.24. The predicted molar refractivity (Wildman–Crippen MR) is 81.9 cm³/mol. The van der Waals surface area contributed by atoms with Gasteiger partial charge in [0.1, 0.15) is 5.75 Å². The van der Waals surface area contributed by atoms with Crippen LogP contribution >= 0.6 is 12.4 Å². The second-order valence-corrected chi connectivity index (χ2v) is 4.76. The molecule has 1 unspecified atom stereocenters. The molecular weight excluding hydrogens is 258 g/mol. The maximum atomic E-state index is 9.35. The molecule has 19 heavy (non-hydrogen) atoms. The van der Waals surface area contributed by atoms with Crippen LogP contribution in [0.25, 0.3) is 0 Å². The van der Waals surface area contributed by atoms with Gasteiger partial charge in [-0.05, 0) is 43.8 Å². The summed E-state index contributed by atoms with van der Waals surface area (Å²) in [4.78, 5) is 2.21. The molecule has 2 nitrogen and oxygen atoms in total. The molecule has 0 bridgehead atoms. The molecule has 0 aromatic heterocycles. The monoisotopic (exact) mass is 277 g/mol. The highest BCUT2D eigenvalue weighted by atomic mass is 35.5. The third kappa shape index (κ3) is 4.27. The normalized spacial score (nSPS) is 11.9. The summed E-state index contributed by atoms with van der Waals surface area (Å²) in [7, 11) is 4.17. The molecule has 2 aromatic carbocycles. The molecule has 2 rings (SSSR count). The van der Waals surface area contributed by atoms with E-state index in [0.29, 0.717) is 11.8 Å². The third-order valence-corrected chi connectivity index (χ3v) is 3.17. The number of aromatic hydroxyl groups is 1. The number of nitrogens with zero attached hydrogens (tertiary/aromatic N) is 1. The lowest BCUT2D eigenvalue weighted by Crippen LogP contribution is -2.22. The van der Waals surface area contributed by atoms with E-state index < -0.39 is 0 Å². The van der Waals surface area contributed by atoms with Gasteiger partial charge in [-0.3, -0.25) is 0 Å². The van der Waals surface area contributed by atoms with E-state index in [1.165, 1.54) is 11.1 Å². The molecule has 0 fully saturated rings. The molecule has 0 saturated heterocycles. The predicted octanol–water partition coefficient (Wildman–Crippen LogP) is 3.66. The number of phenolic OH excluding ortho intramolecular Hbond substituents is 1.